The summed E-state index contributed by atoms with van der Waals surface area (Å²) < 4.78 is 23.0. The number of halogens is 1. The molecule has 0 unspecified atom stereocenters. The number of benzene rings is 3. The monoisotopic (exact) mass is 526 g/mol. The van der Waals surface area contributed by atoms with Crippen molar-refractivity contribution in [2.45, 2.75) is 28.6 Å². The van der Waals surface area contributed by atoms with Gasteiger partial charge in [0.2, 0.25) is 0 Å². The van der Waals surface area contributed by atoms with Gasteiger partial charge in [-0.15, -0.1) is 11.6 Å². The van der Waals surface area contributed by atoms with E-state index >= 15 is 0 Å². The van der Waals surface area contributed by atoms with Crippen LogP contribution in [0.5, 0.6) is 0 Å². The molecule has 1 aliphatic heterocycles. The fourth-order valence-electron chi connectivity index (χ4n) is 3.59. The average Bonchev–Trinajstić information content (AvgIpc) is 3.23. The van der Waals surface area contributed by atoms with E-state index in [9.17, 15) is 14.4 Å². The fourth-order valence-corrected chi connectivity index (χ4v) is 4.77. The highest BCUT2D eigenvalue weighted by Crippen LogP contribution is 2.38. The largest absolute Gasteiger partial charge is 0.459 e. The zero-order valence-electron chi connectivity index (χ0n) is 19.0. The first-order valence-electron chi connectivity index (χ1n) is 11.2. The molecule has 0 aliphatic carbocycles. The van der Waals surface area contributed by atoms with Crippen LogP contribution in [0.15, 0.2) is 95.9 Å². The highest BCUT2D eigenvalue weighted by Gasteiger charge is 2.50. The van der Waals surface area contributed by atoms with E-state index in [0.717, 1.165) is 4.90 Å². The van der Waals surface area contributed by atoms with Crippen molar-refractivity contribution in [1.82, 2.24) is 0 Å². The van der Waals surface area contributed by atoms with Gasteiger partial charge < -0.3 is 18.9 Å². The Labute approximate surface area is 217 Å². The molecule has 9 heteroatoms. The molecule has 0 N–H and O–H groups in total. The average molecular weight is 527 g/mol. The Hall–Kier alpha value is -3.33. The Bertz CT molecular complexity index is 1160. The van der Waals surface area contributed by atoms with Crippen LogP contribution in [-0.4, -0.2) is 54.1 Å². The van der Waals surface area contributed by atoms with Gasteiger partial charge in [-0.05, 0) is 36.4 Å². The van der Waals surface area contributed by atoms with Crippen molar-refractivity contribution in [2.75, 3.05) is 12.5 Å². The Morgan fingerprint density at radius 3 is 1.89 bits per heavy atom. The lowest BCUT2D eigenvalue weighted by Crippen LogP contribution is -2.41. The molecule has 7 nitrogen and oxygen atoms in total. The van der Waals surface area contributed by atoms with Gasteiger partial charge in [0, 0.05) is 4.90 Å². The van der Waals surface area contributed by atoms with Gasteiger partial charge in [0.15, 0.2) is 12.2 Å². The lowest BCUT2D eigenvalue weighted by molar-refractivity contribution is -0.150. The summed E-state index contributed by atoms with van der Waals surface area (Å²) in [6.45, 7) is -0.221. The van der Waals surface area contributed by atoms with E-state index in [1.165, 1.54) is 11.8 Å². The molecule has 4 atom stereocenters. The number of carbonyl (C=O) groups is 3. The van der Waals surface area contributed by atoms with Crippen LogP contribution >= 0.6 is 23.4 Å². The van der Waals surface area contributed by atoms with E-state index < -0.39 is 41.7 Å². The van der Waals surface area contributed by atoms with Gasteiger partial charge in [0.25, 0.3) is 0 Å². The molecule has 0 radical (unpaired) electrons. The van der Waals surface area contributed by atoms with E-state index in [2.05, 4.69) is 0 Å². The van der Waals surface area contributed by atoms with Crippen molar-refractivity contribution < 1.29 is 33.3 Å². The second kappa shape index (κ2) is 12.6. The molecule has 186 valence electrons. The van der Waals surface area contributed by atoms with Crippen LogP contribution in [0.1, 0.15) is 20.7 Å². The van der Waals surface area contributed by atoms with E-state index in [-0.39, 0.29) is 12.5 Å². The molecule has 0 aromatic heterocycles. The molecule has 0 amide bonds. The minimum absolute atomic E-state index is 0.221. The molecular formula is C27H23ClO7S. The quantitative estimate of drug-likeness (QED) is 0.224. The number of carbonyl (C=O) groups excluding carboxylic acids is 3. The summed E-state index contributed by atoms with van der Waals surface area (Å²) in [5.41, 5.74) is -0.0543. The third kappa shape index (κ3) is 6.66. The van der Waals surface area contributed by atoms with Crippen molar-refractivity contribution in [2.24, 2.45) is 0 Å². The number of hydrogen-bond acceptors (Lipinski definition) is 8. The standard InChI is InChI=1S/C27H23ClO7S/c28-16-22(29)34-24-23(35-26(31)19-12-6-2-7-13-19)21(17-32-25(30)18-10-4-1-5-11-18)33-27(24)36-20-14-8-3-9-15-20/h1-15,21,23-24,27H,16-17H2/t21-,23-,24+,27-/m1/s1. The lowest BCUT2D eigenvalue weighted by Gasteiger charge is -2.24. The molecular weight excluding hydrogens is 504 g/mol. The molecule has 3 aromatic rings. The third-order valence-corrected chi connectivity index (χ3v) is 6.65. The maximum absolute atomic E-state index is 12.9. The van der Waals surface area contributed by atoms with E-state index in [0.29, 0.717) is 11.1 Å². The van der Waals surface area contributed by atoms with Crippen LogP contribution in [0.4, 0.5) is 0 Å². The summed E-state index contributed by atoms with van der Waals surface area (Å²) in [7, 11) is 0. The zero-order chi connectivity index (χ0) is 25.3. The molecule has 36 heavy (non-hydrogen) atoms. The molecule has 1 fully saturated rings. The van der Waals surface area contributed by atoms with Gasteiger partial charge in [-0.1, -0.05) is 66.4 Å². The van der Waals surface area contributed by atoms with E-state index in [1.807, 2.05) is 30.3 Å². The summed E-state index contributed by atoms with van der Waals surface area (Å²) in [6, 6.07) is 26.3. The van der Waals surface area contributed by atoms with Crippen molar-refractivity contribution in [1.29, 1.82) is 0 Å². The van der Waals surface area contributed by atoms with Gasteiger partial charge in [-0.25, -0.2) is 9.59 Å². The molecule has 3 aromatic carbocycles. The molecule has 1 saturated heterocycles. The molecule has 0 spiro atoms. The topological polar surface area (TPSA) is 88.1 Å². The maximum atomic E-state index is 12.9. The van der Waals surface area contributed by atoms with Crippen molar-refractivity contribution >= 4 is 41.3 Å². The molecule has 1 heterocycles. The molecule has 1 aliphatic rings. The first-order chi connectivity index (χ1) is 17.5. The predicted molar refractivity (Wildman–Crippen MR) is 134 cm³/mol. The minimum Gasteiger partial charge on any atom is -0.459 e. The van der Waals surface area contributed by atoms with Crippen molar-refractivity contribution in [3.05, 3.63) is 102 Å². The number of esters is 3. The summed E-state index contributed by atoms with van der Waals surface area (Å²) in [6.07, 6.45) is -2.93. The van der Waals surface area contributed by atoms with Crippen LogP contribution in [0.3, 0.4) is 0 Å². The van der Waals surface area contributed by atoms with Crippen molar-refractivity contribution in [3.8, 4) is 0 Å². The van der Waals surface area contributed by atoms with Crippen LogP contribution in [0, 0.1) is 0 Å². The Morgan fingerprint density at radius 1 is 0.750 bits per heavy atom. The minimum atomic E-state index is -1.05. The van der Waals surface area contributed by atoms with Crippen LogP contribution in [0.2, 0.25) is 0 Å². The SMILES string of the molecule is O=C(CCl)O[C@H]1[C@H](OC(=O)c2ccccc2)[C@@H](COC(=O)c2ccccc2)O[C@@H]1Sc1ccccc1. The summed E-state index contributed by atoms with van der Waals surface area (Å²) in [4.78, 5) is 38.5. The number of rotatable bonds is 9. The predicted octanol–water partition coefficient (Wildman–Crippen LogP) is 4.74. The second-order valence-electron chi connectivity index (χ2n) is 7.76. The number of hydrogen-bond donors (Lipinski definition) is 0. The zero-order valence-corrected chi connectivity index (χ0v) is 20.6. The van der Waals surface area contributed by atoms with Gasteiger partial charge in [-0.2, -0.15) is 0 Å². The smallest absolute Gasteiger partial charge is 0.338 e. The van der Waals surface area contributed by atoms with E-state index in [1.54, 1.807) is 60.7 Å². The first-order valence-corrected chi connectivity index (χ1v) is 12.6. The summed E-state index contributed by atoms with van der Waals surface area (Å²) in [5.74, 6) is -2.25. The summed E-state index contributed by atoms with van der Waals surface area (Å²) in [5, 5.41) is 0. The van der Waals surface area contributed by atoms with Crippen LogP contribution in [0.25, 0.3) is 0 Å². The maximum Gasteiger partial charge on any atom is 0.338 e. The highest BCUT2D eigenvalue weighted by molar-refractivity contribution is 7.99. The Morgan fingerprint density at radius 2 is 1.31 bits per heavy atom. The number of thioether (sulfide) groups is 1. The van der Waals surface area contributed by atoms with E-state index in [4.69, 9.17) is 30.5 Å². The van der Waals surface area contributed by atoms with Crippen LogP contribution in [-0.2, 0) is 23.7 Å². The summed E-state index contributed by atoms with van der Waals surface area (Å²) >= 11 is 6.99. The fraction of sp³-hybridized carbons (Fsp3) is 0.222. The van der Waals surface area contributed by atoms with Crippen molar-refractivity contribution in [3.63, 3.8) is 0 Å². The van der Waals surface area contributed by atoms with Gasteiger partial charge in [-0.3, -0.25) is 4.79 Å². The first kappa shape index (κ1) is 25.8. The normalized spacial score (nSPS) is 20.9. The third-order valence-electron chi connectivity index (χ3n) is 5.28. The Kier molecular flexibility index (Phi) is 9.00. The van der Waals surface area contributed by atoms with Gasteiger partial charge in [0.05, 0.1) is 11.1 Å². The molecule has 4 rings (SSSR count). The van der Waals surface area contributed by atoms with Gasteiger partial charge in [0.1, 0.15) is 24.0 Å². The lowest BCUT2D eigenvalue weighted by atomic mass is 10.1. The number of alkyl halides is 1. The van der Waals surface area contributed by atoms with Gasteiger partial charge >= 0.3 is 17.9 Å². The molecule has 0 saturated carbocycles. The highest BCUT2D eigenvalue weighted by atomic mass is 35.5. The molecule has 0 bridgehead atoms. The van der Waals surface area contributed by atoms with Crippen LogP contribution < -0.4 is 0 Å². The number of ether oxygens (including phenoxy) is 4. The second-order valence-corrected chi connectivity index (χ2v) is 9.20. The Balaban J connectivity index is 1.58.